The molecule has 2 aliphatic rings. The molecule has 1 aliphatic heterocycles. The van der Waals surface area contributed by atoms with Crippen LogP contribution in [0.2, 0.25) is 0 Å². The van der Waals surface area contributed by atoms with Gasteiger partial charge in [0.05, 0.1) is 0 Å². The molecule has 0 amide bonds. The van der Waals surface area contributed by atoms with E-state index in [2.05, 4.69) is 24.0 Å². The van der Waals surface area contributed by atoms with Gasteiger partial charge in [0.25, 0.3) is 0 Å². The lowest BCUT2D eigenvalue weighted by Crippen LogP contribution is -2.41. The van der Waals surface area contributed by atoms with Crippen LogP contribution in [-0.2, 0) is 0 Å². The third-order valence-electron chi connectivity index (χ3n) is 5.49. The lowest BCUT2D eigenvalue weighted by Gasteiger charge is -2.30. The molecule has 132 valence electrons. The first kappa shape index (κ1) is 16.4. The van der Waals surface area contributed by atoms with Crippen molar-refractivity contribution < 1.29 is 9.47 Å². The van der Waals surface area contributed by atoms with Gasteiger partial charge in [-0.2, -0.15) is 0 Å². The van der Waals surface area contributed by atoms with Crippen LogP contribution in [0.25, 0.3) is 11.1 Å². The first-order valence-electron chi connectivity index (χ1n) is 9.30. The number of hydrogen-bond donors (Lipinski definition) is 1. The fourth-order valence-corrected chi connectivity index (χ4v) is 4.20. The van der Waals surface area contributed by atoms with Crippen LogP contribution in [0.5, 0.6) is 11.5 Å². The molecular weight excluding hydrogens is 312 g/mol. The normalized spacial score (nSPS) is 21.8. The summed E-state index contributed by atoms with van der Waals surface area (Å²) < 4.78 is 12.4. The average molecular weight is 338 g/mol. The molecule has 1 aromatic heterocycles. The van der Waals surface area contributed by atoms with Crippen molar-refractivity contribution in [3.05, 3.63) is 42.2 Å². The lowest BCUT2D eigenvalue weighted by molar-refractivity contribution is 0.114. The SMILES string of the molecule is CC1Oc2cc(OC(C(C)N)C3CCCC3)ccc2-c2ccncc21. The first-order chi connectivity index (χ1) is 12.1. The summed E-state index contributed by atoms with van der Waals surface area (Å²) in [6.45, 7) is 4.10. The fourth-order valence-electron chi connectivity index (χ4n) is 4.20. The van der Waals surface area contributed by atoms with E-state index in [4.69, 9.17) is 15.2 Å². The molecule has 3 unspecified atom stereocenters. The minimum Gasteiger partial charge on any atom is -0.488 e. The van der Waals surface area contributed by atoms with Gasteiger partial charge in [-0.1, -0.05) is 12.8 Å². The number of rotatable bonds is 4. The number of aromatic nitrogens is 1. The van der Waals surface area contributed by atoms with Crippen LogP contribution in [0.4, 0.5) is 0 Å². The Labute approximate surface area is 149 Å². The second-order valence-electron chi connectivity index (χ2n) is 7.37. The summed E-state index contributed by atoms with van der Waals surface area (Å²) in [5, 5.41) is 0. The molecular formula is C21H26N2O2. The molecule has 4 heteroatoms. The van der Waals surface area contributed by atoms with Crippen LogP contribution in [0.15, 0.2) is 36.7 Å². The van der Waals surface area contributed by atoms with Crippen LogP contribution in [0.3, 0.4) is 0 Å². The Balaban J connectivity index is 1.62. The third kappa shape index (κ3) is 3.11. The van der Waals surface area contributed by atoms with Gasteiger partial charge in [-0.05, 0) is 56.4 Å². The maximum atomic E-state index is 6.33. The molecule has 4 rings (SSSR count). The Kier molecular flexibility index (Phi) is 4.38. The highest BCUT2D eigenvalue weighted by molar-refractivity contribution is 5.76. The fraction of sp³-hybridized carbons (Fsp3) is 0.476. The van der Waals surface area contributed by atoms with E-state index in [1.54, 1.807) is 0 Å². The number of benzene rings is 1. The van der Waals surface area contributed by atoms with Crippen molar-refractivity contribution in [2.45, 2.75) is 57.8 Å². The maximum absolute atomic E-state index is 6.33. The van der Waals surface area contributed by atoms with Gasteiger partial charge < -0.3 is 15.2 Å². The number of nitrogens with two attached hydrogens (primary N) is 1. The van der Waals surface area contributed by atoms with Crippen molar-refractivity contribution in [3.8, 4) is 22.6 Å². The van der Waals surface area contributed by atoms with E-state index in [-0.39, 0.29) is 18.2 Å². The van der Waals surface area contributed by atoms with E-state index in [1.807, 2.05) is 31.5 Å². The number of ether oxygens (including phenoxy) is 2. The second kappa shape index (κ2) is 6.68. The Morgan fingerprint density at radius 1 is 1.20 bits per heavy atom. The van der Waals surface area contributed by atoms with Crippen molar-refractivity contribution in [2.24, 2.45) is 11.7 Å². The van der Waals surface area contributed by atoms with Gasteiger partial charge >= 0.3 is 0 Å². The number of hydrogen-bond acceptors (Lipinski definition) is 4. The van der Waals surface area contributed by atoms with Crippen LogP contribution >= 0.6 is 0 Å². The van der Waals surface area contributed by atoms with Crippen molar-refractivity contribution in [1.82, 2.24) is 4.98 Å². The summed E-state index contributed by atoms with van der Waals surface area (Å²) in [5.41, 5.74) is 9.64. The van der Waals surface area contributed by atoms with E-state index in [0.29, 0.717) is 5.92 Å². The summed E-state index contributed by atoms with van der Waals surface area (Å²) in [6, 6.07) is 8.21. The second-order valence-corrected chi connectivity index (χ2v) is 7.37. The summed E-state index contributed by atoms with van der Waals surface area (Å²) >= 11 is 0. The third-order valence-corrected chi connectivity index (χ3v) is 5.49. The smallest absolute Gasteiger partial charge is 0.131 e. The Morgan fingerprint density at radius 2 is 2.00 bits per heavy atom. The molecule has 0 radical (unpaired) electrons. The standard InChI is InChI=1S/C21H26N2O2/c1-13(22)21(15-5-3-4-6-15)25-16-7-8-18-17-9-10-23-12-19(17)14(2)24-20(18)11-16/h7-15,21H,3-6,22H2,1-2H3. The molecule has 0 bridgehead atoms. The first-order valence-corrected chi connectivity index (χ1v) is 9.30. The summed E-state index contributed by atoms with van der Waals surface area (Å²) in [6.07, 6.45) is 8.77. The molecule has 4 nitrogen and oxygen atoms in total. The molecule has 1 saturated carbocycles. The highest BCUT2D eigenvalue weighted by Gasteiger charge is 2.30. The van der Waals surface area contributed by atoms with E-state index in [1.165, 1.54) is 31.2 Å². The van der Waals surface area contributed by atoms with Crippen LogP contribution in [0, 0.1) is 5.92 Å². The van der Waals surface area contributed by atoms with Crippen molar-refractivity contribution in [3.63, 3.8) is 0 Å². The molecule has 1 fully saturated rings. The number of nitrogens with zero attached hydrogens (tertiary/aromatic N) is 1. The molecule has 1 aliphatic carbocycles. The molecule has 0 saturated heterocycles. The molecule has 0 spiro atoms. The zero-order valence-corrected chi connectivity index (χ0v) is 14.9. The largest absolute Gasteiger partial charge is 0.488 e. The Bertz CT molecular complexity index is 753. The number of fused-ring (bicyclic) bond motifs is 3. The summed E-state index contributed by atoms with van der Waals surface area (Å²) in [7, 11) is 0. The average Bonchev–Trinajstić information content (AvgIpc) is 3.13. The zero-order valence-electron chi connectivity index (χ0n) is 14.9. The highest BCUT2D eigenvalue weighted by Crippen LogP contribution is 2.43. The van der Waals surface area contributed by atoms with Crippen molar-refractivity contribution in [2.75, 3.05) is 0 Å². The molecule has 2 N–H and O–H groups in total. The quantitative estimate of drug-likeness (QED) is 0.892. The monoisotopic (exact) mass is 338 g/mol. The minimum atomic E-state index is -0.00879. The van der Waals surface area contributed by atoms with Crippen LogP contribution in [0.1, 0.15) is 51.2 Å². The summed E-state index contributed by atoms with van der Waals surface area (Å²) in [5.74, 6) is 2.28. The van der Waals surface area contributed by atoms with Crippen molar-refractivity contribution in [1.29, 1.82) is 0 Å². The van der Waals surface area contributed by atoms with Gasteiger partial charge in [-0.25, -0.2) is 0 Å². The van der Waals surface area contributed by atoms with E-state index >= 15 is 0 Å². The molecule has 3 atom stereocenters. The minimum absolute atomic E-state index is 0.00879. The molecule has 1 aromatic carbocycles. The molecule has 2 heterocycles. The van der Waals surface area contributed by atoms with Crippen LogP contribution < -0.4 is 15.2 Å². The van der Waals surface area contributed by atoms with E-state index in [0.717, 1.165) is 22.6 Å². The topological polar surface area (TPSA) is 57.4 Å². The van der Waals surface area contributed by atoms with Gasteiger partial charge in [0, 0.05) is 35.6 Å². The van der Waals surface area contributed by atoms with E-state index < -0.39 is 0 Å². The Morgan fingerprint density at radius 3 is 2.76 bits per heavy atom. The van der Waals surface area contributed by atoms with Gasteiger partial charge in [-0.3, -0.25) is 4.98 Å². The van der Waals surface area contributed by atoms with Gasteiger partial charge in [0.15, 0.2) is 0 Å². The highest BCUT2D eigenvalue weighted by atomic mass is 16.5. The van der Waals surface area contributed by atoms with Gasteiger partial charge in [0.2, 0.25) is 0 Å². The maximum Gasteiger partial charge on any atom is 0.131 e. The van der Waals surface area contributed by atoms with Gasteiger partial charge in [0.1, 0.15) is 23.7 Å². The lowest BCUT2D eigenvalue weighted by atomic mass is 9.94. The number of pyridine rings is 1. The summed E-state index contributed by atoms with van der Waals surface area (Å²) in [4.78, 5) is 4.22. The predicted molar refractivity (Wildman–Crippen MR) is 98.7 cm³/mol. The van der Waals surface area contributed by atoms with Crippen molar-refractivity contribution >= 4 is 0 Å². The predicted octanol–water partition coefficient (Wildman–Crippen LogP) is 4.49. The molecule has 2 aromatic rings. The Hall–Kier alpha value is -2.07. The van der Waals surface area contributed by atoms with Gasteiger partial charge in [-0.15, -0.1) is 0 Å². The molecule has 25 heavy (non-hydrogen) atoms. The van der Waals surface area contributed by atoms with Crippen LogP contribution in [-0.4, -0.2) is 17.1 Å². The zero-order chi connectivity index (χ0) is 17.4. The van der Waals surface area contributed by atoms with E-state index in [9.17, 15) is 0 Å².